The zero-order chi connectivity index (χ0) is 9.14. The Bertz CT molecular complexity index is 334. The summed E-state index contributed by atoms with van der Waals surface area (Å²) in [6.07, 6.45) is -0.992. The second-order valence-electron chi connectivity index (χ2n) is 2.33. The highest BCUT2D eigenvalue weighted by Crippen LogP contribution is 2.17. The van der Waals surface area contributed by atoms with Gasteiger partial charge in [0.05, 0.1) is 11.0 Å². The average molecular weight is 185 g/mol. The van der Waals surface area contributed by atoms with E-state index in [9.17, 15) is 8.42 Å². The topological polar surface area (TPSA) is 54.4 Å². The van der Waals surface area contributed by atoms with Gasteiger partial charge >= 0.3 is 0 Å². The summed E-state index contributed by atoms with van der Waals surface area (Å²) >= 11 is 0. The molecule has 0 heterocycles. The predicted octanol–water partition coefficient (Wildman–Crippen LogP) is 0.524. The van der Waals surface area contributed by atoms with E-state index in [2.05, 4.69) is 6.92 Å². The maximum Gasteiger partial charge on any atom is 0.168 e. The van der Waals surface area contributed by atoms with Crippen LogP contribution >= 0.6 is 0 Å². The first-order valence-electron chi connectivity index (χ1n) is 3.37. The van der Waals surface area contributed by atoms with E-state index in [1.165, 1.54) is 12.1 Å². The molecule has 0 saturated carbocycles. The van der Waals surface area contributed by atoms with Crippen LogP contribution in [0.3, 0.4) is 0 Å². The second kappa shape index (κ2) is 3.69. The second-order valence-corrected chi connectivity index (χ2v) is 3.33. The van der Waals surface area contributed by atoms with Crippen LogP contribution in [-0.2, 0) is 10.7 Å². The Labute approximate surface area is 72.6 Å². The highest BCUT2D eigenvalue weighted by atomic mass is 32.2. The van der Waals surface area contributed by atoms with Crippen LogP contribution in [0, 0.1) is 6.92 Å². The number of rotatable bonds is 2. The van der Waals surface area contributed by atoms with Gasteiger partial charge < -0.3 is 5.11 Å². The van der Waals surface area contributed by atoms with E-state index in [1.807, 2.05) is 0 Å². The van der Waals surface area contributed by atoms with E-state index in [4.69, 9.17) is 5.11 Å². The molecule has 0 amide bonds. The summed E-state index contributed by atoms with van der Waals surface area (Å²) < 4.78 is 21.2. The number of benzene rings is 1. The minimum absolute atomic E-state index is 0.134. The molecular formula is C8H9O3S. The van der Waals surface area contributed by atoms with Crippen molar-refractivity contribution in [2.75, 3.05) is 0 Å². The normalized spacial score (nSPS) is 13.2. The number of hydrogen-bond acceptors (Lipinski definition) is 3. The Balaban J connectivity index is 3.27. The van der Waals surface area contributed by atoms with Crippen molar-refractivity contribution >= 4 is 10.7 Å². The summed E-state index contributed by atoms with van der Waals surface area (Å²) in [7, 11) is -2.65. The first kappa shape index (κ1) is 9.22. The molecule has 1 rings (SSSR count). The van der Waals surface area contributed by atoms with E-state index in [0.29, 0.717) is 5.56 Å². The van der Waals surface area contributed by atoms with Crippen molar-refractivity contribution in [3.8, 4) is 0 Å². The first-order chi connectivity index (χ1) is 5.63. The molecular weight excluding hydrogens is 176 g/mol. The van der Waals surface area contributed by atoms with Crippen LogP contribution in [0.2, 0.25) is 0 Å². The third kappa shape index (κ3) is 1.84. The van der Waals surface area contributed by atoms with Gasteiger partial charge in [0.2, 0.25) is 0 Å². The van der Waals surface area contributed by atoms with Crippen LogP contribution < -0.4 is 0 Å². The summed E-state index contributed by atoms with van der Waals surface area (Å²) in [6, 6.07) is 6.24. The van der Waals surface area contributed by atoms with E-state index >= 15 is 0 Å². The minimum Gasteiger partial charge on any atom is -0.388 e. The molecule has 65 valence electrons. The maximum atomic E-state index is 10.6. The largest absolute Gasteiger partial charge is 0.388 e. The Morgan fingerprint density at radius 2 is 1.92 bits per heavy atom. The molecule has 12 heavy (non-hydrogen) atoms. The van der Waals surface area contributed by atoms with Crippen molar-refractivity contribution in [3.63, 3.8) is 0 Å². The molecule has 1 unspecified atom stereocenters. The molecule has 0 aromatic heterocycles. The summed E-state index contributed by atoms with van der Waals surface area (Å²) in [6.45, 7) is 3.34. The molecule has 0 saturated heterocycles. The Kier molecular flexibility index (Phi) is 2.83. The highest BCUT2D eigenvalue weighted by Gasteiger charge is 2.07. The Morgan fingerprint density at radius 3 is 2.33 bits per heavy atom. The lowest BCUT2D eigenvalue weighted by molar-refractivity contribution is 0.223. The van der Waals surface area contributed by atoms with Crippen molar-refractivity contribution in [2.45, 2.75) is 11.0 Å². The molecule has 3 nitrogen and oxygen atoms in total. The number of aliphatic hydroxyl groups excluding tert-OH is 1. The van der Waals surface area contributed by atoms with Gasteiger partial charge in [-0.3, -0.25) is 0 Å². The van der Waals surface area contributed by atoms with Gasteiger partial charge in [0.25, 0.3) is 0 Å². The quantitative estimate of drug-likeness (QED) is 0.661. The smallest absolute Gasteiger partial charge is 0.168 e. The van der Waals surface area contributed by atoms with E-state index in [1.54, 1.807) is 12.1 Å². The van der Waals surface area contributed by atoms with Crippen molar-refractivity contribution in [3.05, 3.63) is 36.8 Å². The standard InChI is InChI=1S/C8H9O3S/c1-6(9)7-4-2-3-5-8(7)12(10)11/h2-6,9,12H,1H2. The monoisotopic (exact) mass is 185 g/mol. The van der Waals surface area contributed by atoms with Crippen molar-refractivity contribution < 1.29 is 13.5 Å². The van der Waals surface area contributed by atoms with Crippen molar-refractivity contribution in [2.24, 2.45) is 0 Å². The van der Waals surface area contributed by atoms with E-state index in [-0.39, 0.29) is 4.90 Å². The van der Waals surface area contributed by atoms with Gasteiger partial charge in [-0.2, -0.15) is 0 Å². The molecule has 0 aliphatic carbocycles. The minimum atomic E-state index is -2.65. The molecule has 0 bridgehead atoms. The van der Waals surface area contributed by atoms with E-state index < -0.39 is 16.8 Å². The first-order valence-corrected chi connectivity index (χ1v) is 4.55. The zero-order valence-corrected chi connectivity index (χ0v) is 7.20. The van der Waals surface area contributed by atoms with E-state index in [0.717, 1.165) is 0 Å². The molecule has 0 aliphatic heterocycles. The maximum absolute atomic E-state index is 10.6. The fourth-order valence-corrected chi connectivity index (χ4v) is 1.58. The molecule has 0 spiro atoms. The highest BCUT2D eigenvalue weighted by molar-refractivity contribution is 7.72. The van der Waals surface area contributed by atoms with Crippen LogP contribution in [0.4, 0.5) is 0 Å². The summed E-state index contributed by atoms with van der Waals surface area (Å²) in [5, 5.41) is 9.07. The van der Waals surface area contributed by atoms with Gasteiger partial charge in [-0.1, -0.05) is 18.2 Å². The summed E-state index contributed by atoms with van der Waals surface area (Å²) in [5.41, 5.74) is 0.341. The van der Waals surface area contributed by atoms with Crippen LogP contribution in [0.1, 0.15) is 11.7 Å². The summed E-state index contributed by atoms with van der Waals surface area (Å²) in [4.78, 5) is 0.134. The van der Waals surface area contributed by atoms with Crippen molar-refractivity contribution in [1.82, 2.24) is 0 Å². The van der Waals surface area contributed by atoms with Gasteiger partial charge in [0.1, 0.15) is 0 Å². The molecule has 0 aliphatic rings. The van der Waals surface area contributed by atoms with Crippen LogP contribution in [0.25, 0.3) is 0 Å². The Hall–Kier alpha value is -0.870. The van der Waals surface area contributed by atoms with Gasteiger partial charge in [-0.15, -0.1) is 0 Å². The average Bonchev–Trinajstić information content (AvgIpc) is 2.04. The number of aliphatic hydroxyl groups is 1. The molecule has 4 heteroatoms. The SMILES string of the molecule is [CH2]C(O)c1ccccc1[SH](=O)=O. The zero-order valence-electron chi connectivity index (χ0n) is 6.30. The number of thiol groups is 1. The molecule has 0 fully saturated rings. The molecule has 1 aromatic rings. The van der Waals surface area contributed by atoms with Crippen LogP contribution in [0.5, 0.6) is 0 Å². The lowest BCUT2D eigenvalue weighted by atomic mass is 10.1. The third-order valence-corrected chi connectivity index (χ3v) is 2.29. The van der Waals surface area contributed by atoms with Gasteiger partial charge in [-0.05, 0) is 18.6 Å². The van der Waals surface area contributed by atoms with Gasteiger partial charge in [0, 0.05) is 0 Å². The lowest BCUT2D eigenvalue weighted by Gasteiger charge is -2.05. The fraction of sp³-hybridized carbons (Fsp3) is 0.125. The lowest BCUT2D eigenvalue weighted by Crippen LogP contribution is -1.96. The Morgan fingerprint density at radius 1 is 1.33 bits per heavy atom. The fourth-order valence-electron chi connectivity index (χ4n) is 0.936. The van der Waals surface area contributed by atoms with Gasteiger partial charge in [-0.25, -0.2) is 8.42 Å². The molecule has 1 atom stereocenters. The van der Waals surface area contributed by atoms with Crippen molar-refractivity contribution in [1.29, 1.82) is 0 Å². The molecule has 1 aromatic carbocycles. The third-order valence-electron chi connectivity index (χ3n) is 1.49. The van der Waals surface area contributed by atoms with Crippen LogP contribution in [-0.4, -0.2) is 13.5 Å². The van der Waals surface area contributed by atoms with Gasteiger partial charge in [0.15, 0.2) is 10.7 Å². The molecule has 1 N–H and O–H groups in total. The molecule has 1 radical (unpaired) electrons. The van der Waals surface area contributed by atoms with Crippen LogP contribution in [0.15, 0.2) is 29.2 Å². The number of hydrogen-bond donors (Lipinski definition) is 2. The summed E-state index contributed by atoms with van der Waals surface area (Å²) in [5.74, 6) is 0. The predicted molar refractivity (Wildman–Crippen MR) is 45.3 cm³/mol.